The second kappa shape index (κ2) is 12.7. The monoisotopic (exact) mass is 494 g/mol. The molecule has 0 spiro atoms. The Hall–Kier alpha value is -3.69. The van der Waals surface area contributed by atoms with Crippen LogP contribution in [0.2, 0.25) is 0 Å². The summed E-state index contributed by atoms with van der Waals surface area (Å²) in [6.45, 7) is 3.75. The van der Waals surface area contributed by atoms with Crippen LogP contribution in [0.25, 0.3) is 0 Å². The predicted molar refractivity (Wildman–Crippen MR) is 142 cm³/mol. The van der Waals surface area contributed by atoms with E-state index in [-0.39, 0.29) is 24.1 Å². The third-order valence-corrected chi connectivity index (χ3v) is 5.28. The first-order chi connectivity index (χ1) is 16.6. The molecule has 2 aromatic carbocycles. The van der Waals surface area contributed by atoms with E-state index in [1.807, 2.05) is 25.1 Å². The molecule has 0 fully saturated rings. The topological polar surface area (TPSA) is 83.8 Å². The summed E-state index contributed by atoms with van der Waals surface area (Å²) in [7, 11) is 10.7. The Kier molecular flexibility index (Phi) is 9.98. The molecule has 0 saturated heterocycles. The van der Waals surface area contributed by atoms with Crippen LogP contribution in [0.1, 0.15) is 39.5 Å². The normalized spacial score (nSPS) is 11.3. The van der Waals surface area contributed by atoms with Crippen molar-refractivity contribution in [2.45, 2.75) is 20.5 Å². The molecule has 0 saturated carbocycles. The molecule has 2 rings (SSSR count). The number of aryl methyl sites for hydroxylation is 1. The average Bonchev–Trinajstić information content (AvgIpc) is 2.81. The number of benzene rings is 2. The van der Waals surface area contributed by atoms with Gasteiger partial charge >= 0.3 is 0 Å². The minimum atomic E-state index is -0.288. The van der Waals surface area contributed by atoms with Gasteiger partial charge in [0, 0.05) is 44.9 Å². The lowest BCUT2D eigenvalue weighted by molar-refractivity contribution is -0.121. The molecule has 0 aliphatic rings. The maximum absolute atomic E-state index is 12.6. The van der Waals surface area contributed by atoms with E-state index in [9.17, 15) is 9.59 Å². The molecule has 0 radical (unpaired) electrons. The summed E-state index contributed by atoms with van der Waals surface area (Å²) in [6, 6.07) is 11.0. The first-order valence-electron chi connectivity index (χ1n) is 10.8. The van der Waals surface area contributed by atoms with Gasteiger partial charge in [0.05, 0.1) is 5.56 Å². The number of oxime groups is 2. The Bertz CT molecular complexity index is 1220. The molecule has 35 heavy (non-hydrogen) atoms. The van der Waals surface area contributed by atoms with Gasteiger partial charge in [0.2, 0.25) is 0 Å². The lowest BCUT2D eigenvalue weighted by Crippen LogP contribution is -2.31. The Morgan fingerprint density at radius 3 is 2.37 bits per heavy atom. The van der Waals surface area contributed by atoms with Gasteiger partial charge in [-0.25, -0.2) is 0 Å². The minimum Gasteiger partial charge on any atom is -0.398 e. The Balaban J connectivity index is 2.29. The van der Waals surface area contributed by atoms with Crippen LogP contribution in [0.3, 0.4) is 0 Å². The second-order valence-electron chi connectivity index (χ2n) is 8.13. The van der Waals surface area contributed by atoms with Crippen LogP contribution in [0.5, 0.6) is 0 Å². The highest BCUT2D eigenvalue weighted by atomic mass is 31.0. The van der Waals surface area contributed by atoms with E-state index < -0.39 is 0 Å². The van der Waals surface area contributed by atoms with Crippen molar-refractivity contribution in [3.8, 4) is 11.8 Å². The van der Waals surface area contributed by atoms with E-state index in [4.69, 9.17) is 9.68 Å². The SMILES string of the molecule is CO/N=C(/C(=O)N(C)C)c1cccc(C)c1CO/N=C(\C)C#Cc1ccc(P)cc1C(=O)N(C)C. The standard InChI is InChI=1S/C26H31N4O4P/c1-17-9-8-10-21(24(28-33-7)26(32)30(5)6)23(17)16-34-27-18(2)11-12-19-13-14-20(35)15-22(19)25(31)29(3)4/h8-10,13-15H,16,35H2,1-7H3/b27-18+,28-24+. The van der Waals surface area contributed by atoms with Crippen molar-refractivity contribution in [3.63, 3.8) is 0 Å². The van der Waals surface area contributed by atoms with Gasteiger partial charge < -0.3 is 19.5 Å². The fraction of sp³-hybridized carbons (Fsp3) is 0.308. The third kappa shape index (κ3) is 7.40. The molecule has 2 amide bonds. The van der Waals surface area contributed by atoms with E-state index >= 15 is 0 Å². The number of hydrogen-bond acceptors (Lipinski definition) is 6. The van der Waals surface area contributed by atoms with E-state index in [1.165, 1.54) is 16.9 Å². The third-order valence-electron chi connectivity index (χ3n) is 4.93. The van der Waals surface area contributed by atoms with E-state index in [0.717, 1.165) is 16.4 Å². The molecule has 0 aromatic heterocycles. The molecule has 184 valence electrons. The largest absolute Gasteiger partial charge is 0.398 e. The van der Waals surface area contributed by atoms with E-state index in [0.29, 0.717) is 22.4 Å². The van der Waals surface area contributed by atoms with Crippen molar-refractivity contribution in [1.82, 2.24) is 9.80 Å². The molecule has 0 heterocycles. The molecule has 1 unspecified atom stereocenters. The second-order valence-corrected chi connectivity index (χ2v) is 8.79. The summed E-state index contributed by atoms with van der Waals surface area (Å²) < 4.78 is 0. The summed E-state index contributed by atoms with van der Waals surface area (Å²) in [5.41, 5.74) is 4.02. The van der Waals surface area contributed by atoms with Crippen LogP contribution >= 0.6 is 9.24 Å². The zero-order valence-electron chi connectivity index (χ0n) is 21.2. The molecular weight excluding hydrogens is 463 g/mol. The fourth-order valence-electron chi connectivity index (χ4n) is 3.09. The highest BCUT2D eigenvalue weighted by molar-refractivity contribution is 7.27. The molecule has 0 bridgehead atoms. The van der Waals surface area contributed by atoms with Crippen LogP contribution in [-0.2, 0) is 21.1 Å². The van der Waals surface area contributed by atoms with Crippen LogP contribution in [0.4, 0.5) is 0 Å². The Morgan fingerprint density at radius 2 is 1.74 bits per heavy atom. The van der Waals surface area contributed by atoms with Gasteiger partial charge in [-0.1, -0.05) is 40.5 Å². The number of likely N-dealkylation sites (N-methyl/N-ethyl adjacent to an activating group) is 1. The minimum absolute atomic E-state index is 0.108. The van der Waals surface area contributed by atoms with Crippen molar-refractivity contribution in [3.05, 3.63) is 64.2 Å². The number of hydrogen-bond donors (Lipinski definition) is 0. The molecule has 8 nitrogen and oxygen atoms in total. The van der Waals surface area contributed by atoms with Gasteiger partial charge in [-0.3, -0.25) is 9.59 Å². The molecule has 2 aromatic rings. The van der Waals surface area contributed by atoms with Crippen LogP contribution in [-0.4, -0.2) is 68.3 Å². The van der Waals surface area contributed by atoms with Crippen molar-refractivity contribution >= 4 is 37.8 Å². The predicted octanol–water partition coefficient (Wildman–Crippen LogP) is 2.58. The average molecular weight is 495 g/mol. The van der Waals surface area contributed by atoms with E-state index in [1.54, 1.807) is 53.3 Å². The van der Waals surface area contributed by atoms with Crippen molar-refractivity contribution in [1.29, 1.82) is 0 Å². The molecule has 1 atom stereocenters. The van der Waals surface area contributed by atoms with Crippen LogP contribution in [0.15, 0.2) is 46.7 Å². The van der Waals surface area contributed by atoms with Gasteiger partial charge in [0.25, 0.3) is 11.8 Å². The molecular formula is C26H31N4O4P. The highest BCUT2D eigenvalue weighted by Crippen LogP contribution is 2.18. The lowest BCUT2D eigenvalue weighted by atomic mass is 9.98. The summed E-state index contributed by atoms with van der Waals surface area (Å²) >= 11 is 0. The zero-order valence-corrected chi connectivity index (χ0v) is 22.3. The van der Waals surface area contributed by atoms with E-state index in [2.05, 4.69) is 31.4 Å². The zero-order chi connectivity index (χ0) is 26.1. The number of carbonyl (C=O) groups excluding carboxylic acids is 2. The molecule has 0 aliphatic heterocycles. The van der Waals surface area contributed by atoms with Gasteiger partial charge in [-0.15, -0.1) is 9.24 Å². The quantitative estimate of drug-likeness (QED) is 0.256. The molecule has 9 heteroatoms. The maximum Gasteiger partial charge on any atom is 0.276 e. The molecule has 0 aliphatic carbocycles. The van der Waals surface area contributed by atoms with Crippen LogP contribution < -0.4 is 5.30 Å². The number of carbonyl (C=O) groups is 2. The molecule has 0 N–H and O–H groups in total. The van der Waals surface area contributed by atoms with Gasteiger partial charge in [0.1, 0.15) is 19.4 Å². The van der Waals surface area contributed by atoms with Gasteiger partial charge in [0.15, 0.2) is 5.71 Å². The maximum atomic E-state index is 12.6. The Labute approximate surface area is 209 Å². The van der Waals surface area contributed by atoms with Crippen molar-refractivity contribution < 1.29 is 19.3 Å². The fourth-order valence-corrected chi connectivity index (χ4v) is 3.35. The smallest absolute Gasteiger partial charge is 0.276 e. The lowest BCUT2D eigenvalue weighted by Gasteiger charge is -2.16. The van der Waals surface area contributed by atoms with Crippen molar-refractivity contribution in [2.24, 2.45) is 10.3 Å². The summed E-state index contributed by atoms with van der Waals surface area (Å²) in [5.74, 6) is 5.53. The van der Waals surface area contributed by atoms with Crippen molar-refractivity contribution in [2.75, 3.05) is 35.3 Å². The first-order valence-corrected chi connectivity index (χ1v) is 11.4. The summed E-state index contributed by atoms with van der Waals surface area (Å²) in [4.78, 5) is 38.6. The number of amides is 2. The van der Waals surface area contributed by atoms with Crippen LogP contribution in [0, 0.1) is 18.8 Å². The number of nitrogens with zero attached hydrogens (tertiary/aromatic N) is 4. The Morgan fingerprint density at radius 1 is 1.03 bits per heavy atom. The first kappa shape index (κ1) is 27.6. The number of rotatable bonds is 7. The summed E-state index contributed by atoms with van der Waals surface area (Å²) in [5, 5.41) is 8.95. The van der Waals surface area contributed by atoms with Gasteiger partial charge in [-0.2, -0.15) is 0 Å². The summed E-state index contributed by atoms with van der Waals surface area (Å²) in [6.07, 6.45) is 0. The highest BCUT2D eigenvalue weighted by Gasteiger charge is 2.21. The van der Waals surface area contributed by atoms with Gasteiger partial charge in [-0.05, 0) is 42.8 Å².